The predicted octanol–water partition coefficient (Wildman–Crippen LogP) is 2.25. The lowest BCUT2D eigenvalue weighted by molar-refractivity contribution is 0.122. The highest BCUT2D eigenvalue weighted by Crippen LogP contribution is 2.32. The Hall–Kier alpha value is -2.39. The van der Waals surface area contributed by atoms with E-state index in [0.29, 0.717) is 35.6 Å². The van der Waals surface area contributed by atoms with Gasteiger partial charge in [0.2, 0.25) is 0 Å². The molecule has 3 N–H and O–H groups in total. The highest BCUT2D eigenvalue weighted by molar-refractivity contribution is 7.98. The topological polar surface area (TPSA) is 94.8 Å². The molecule has 27 heavy (non-hydrogen) atoms. The maximum Gasteiger partial charge on any atom is 0.191 e. The van der Waals surface area contributed by atoms with Crippen LogP contribution in [0.5, 0.6) is 11.5 Å². The smallest absolute Gasteiger partial charge is 0.191 e. The Labute approximate surface area is 163 Å². The van der Waals surface area contributed by atoms with Crippen molar-refractivity contribution in [2.75, 3.05) is 63.5 Å². The molecule has 3 rings (SSSR count). The first-order valence-electron chi connectivity index (χ1n) is 8.67. The minimum Gasteiger partial charge on any atom is -0.497 e. The number of nitrogen functional groups attached to an aromatic ring is 1. The van der Waals surface area contributed by atoms with Crippen molar-refractivity contribution in [1.29, 1.82) is 0 Å². The number of benzene rings is 1. The Morgan fingerprint density at radius 1 is 1.15 bits per heavy atom. The Morgan fingerprint density at radius 2 is 1.81 bits per heavy atom. The van der Waals surface area contributed by atoms with Crippen molar-refractivity contribution >= 4 is 29.1 Å². The van der Waals surface area contributed by atoms with Gasteiger partial charge in [0.25, 0.3) is 0 Å². The highest BCUT2D eigenvalue weighted by atomic mass is 32.2. The van der Waals surface area contributed by atoms with E-state index in [9.17, 15) is 0 Å². The summed E-state index contributed by atoms with van der Waals surface area (Å²) in [6.45, 7) is 2.87. The summed E-state index contributed by atoms with van der Waals surface area (Å²) < 4.78 is 16.1. The number of rotatable bonds is 7. The number of hydrogen-bond donors (Lipinski definition) is 2. The summed E-state index contributed by atoms with van der Waals surface area (Å²) in [6.07, 6.45) is 0. The molecule has 0 radical (unpaired) electrons. The molecule has 0 aliphatic carbocycles. The molecule has 9 heteroatoms. The maximum atomic E-state index is 6.26. The second-order valence-electron chi connectivity index (χ2n) is 5.95. The first-order chi connectivity index (χ1) is 13.1. The number of methoxy groups -OCH3 is 2. The number of thioether (sulfide) groups is 1. The molecule has 1 saturated heterocycles. The molecule has 146 valence electrons. The van der Waals surface area contributed by atoms with E-state index >= 15 is 0 Å². The summed E-state index contributed by atoms with van der Waals surface area (Å²) in [6, 6.07) is 5.81. The standard InChI is InChI=1S/C18H25N5O3S/c1-20-16-15(19)17(23-4-6-26-7-5-23)22-18(21-16)27-11-12-8-13(24-2)10-14(9-12)25-3/h8-10H,4-7,11,19H2,1-3H3,(H,20,21,22). The van der Waals surface area contributed by atoms with Crippen LogP contribution in [0.4, 0.5) is 17.3 Å². The van der Waals surface area contributed by atoms with E-state index in [1.54, 1.807) is 26.0 Å². The lowest BCUT2D eigenvalue weighted by atomic mass is 10.2. The van der Waals surface area contributed by atoms with Gasteiger partial charge in [0.15, 0.2) is 16.8 Å². The number of nitrogens with two attached hydrogens (primary N) is 1. The van der Waals surface area contributed by atoms with Crippen LogP contribution in [0.25, 0.3) is 0 Å². The summed E-state index contributed by atoms with van der Waals surface area (Å²) in [5.41, 5.74) is 7.89. The van der Waals surface area contributed by atoms with E-state index < -0.39 is 0 Å². The minimum atomic E-state index is 0.562. The fourth-order valence-electron chi connectivity index (χ4n) is 2.81. The number of aromatic nitrogens is 2. The van der Waals surface area contributed by atoms with Crippen molar-refractivity contribution in [2.45, 2.75) is 10.9 Å². The van der Waals surface area contributed by atoms with Gasteiger partial charge < -0.3 is 30.2 Å². The van der Waals surface area contributed by atoms with Crippen molar-refractivity contribution in [1.82, 2.24) is 9.97 Å². The molecule has 1 fully saturated rings. The number of nitrogens with zero attached hydrogens (tertiary/aromatic N) is 3. The third-order valence-electron chi connectivity index (χ3n) is 4.23. The van der Waals surface area contributed by atoms with Gasteiger partial charge in [-0.25, -0.2) is 9.97 Å². The van der Waals surface area contributed by atoms with Gasteiger partial charge in [-0.15, -0.1) is 0 Å². The van der Waals surface area contributed by atoms with Gasteiger partial charge in [0, 0.05) is 32.0 Å². The Kier molecular flexibility index (Phi) is 6.46. The molecule has 0 bridgehead atoms. The molecule has 2 aromatic rings. The molecule has 1 aromatic carbocycles. The molecule has 0 saturated carbocycles. The van der Waals surface area contributed by atoms with Gasteiger partial charge in [0.05, 0.1) is 27.4 Å². The van der Waals surface area contributed by atoms with Crippen LogP contribution in [0.2, 0.25) is 0 Å². The minimum absolute atomic E-state index is 0.562. The van der Waals surface area contributed by atoms with E-state index in [0.717, 1.165) is 36.0 Å². The van der Waals surface area contributed by atoms with Crippen LogP contribution in [0.15, 0.2) is 23.4 Å². The monoisotopic (exact) mass is 391 g/mol. The largest absolute Gasteiger partial charge is 0.497 e. The van der Waals surface area contributed by atoms with Crippen molar-refractivity contribution < 1.29 is 14.2 Å². The van der Waals surface area contributed by atoms with Crippen molar-refractivity contribution in [3.8, 4) is 11.5 Å². The van der Waals surface area contributed by atoms with E-state index in [4.69, 9.17) is 24.9 Å². The number of nitrogens with one attached hydrogen (secondary N) is 1. The van der Waals surface area contributed by atoms with Crippen molar-refractivity contribution in [2.24, 2.45) is 0 Å². The van der Waals surface area contributed by atoms with Crippen LogP contribution < -0.4 is 25.4 Å². The summed E-state index contributed by atoms with van der Waals surface area (Å²) in [5.74, 6) is 3.59. The summed E-state index contributed by atoms with van der Waals surface area (Å²) in [7, 11) is 5.09. The molecular formula is C18H25N5O3S. The van der Waals surface area contributed by atoms with Gasteiger partial charge in [-0.3, -0.25) is 0 Å². The van der Waals surface area contributed by atoms with Crippen LogP contribution in [-0.2, 0) is 10.5 Å². The second-order valence-corrected chi connectivity index (χ2v) is 6.89. The van der Waals surface area contributed by atoms with Gasteiger partial charge in [-0.1, -0.05) is 11.8 Å². The molecule has 0 atom stereocenters. The lowest BCUT2D eigenvalue weighted by Crippen LogP contribution is -2.37. The third kappa shape index (κ3) is 4.67. The van der Waals surface area contributed by atoms with E-state index in [1.165, 1.54) is 0 Å². The van der Waals surface area contributed by atoms with E-state index in [-0.39, 0.29) is 0 Å². The zero-order chi connectivity index (χ0) is 19.2. The molecule has 2 heterocycles. The third-order valence-corrected chi connectivity index (χ3v) is 5.15. The first-order valence-corrected chi connectivity index (χ1v) is 9.66. The molecule has 0 unspecified atom stereocenters. The predicted molar refractivity (Wildman–Crippen MR) is 108 cm³/mol. The molecule has 0 amide bonds. The SMILES string of the molecule is CNc1nc(SCc2cc(OC)cc(OC)c2)nc(N2CCOCC2)c1N. The van der Waals surface area contributed by atoms with Crippen LogP contribution in [0, 0.1) is 0 Å². The zero-order valence-electron chi connectivity index (χ0n) is 15.8. The van der Waals surface area contributed by atoms with Crippen LogP contribution in [0.1, 0.15) is 5.56 Å². The zero-order valence-corrected chi connectivity index (χ0v) is 16.6. The fourth-order valence-corrected chi connectivity index (χ4v) is 3.58. The summed E-state index contributed by atoms with van der Waals surface area (Å²) >= 11 is 1.54. The van der Waals surface area contributed by atoms with Gasteiger partial charge in [0.1, 0.15) is 17.2 Å². The molecule has 1 aliphatic rings. The summed E-state index contributed by atoms with van der Waals surface area (Å²) in [5, 5.41) is 3.73. The molecule has 1 aromatic heterocycles. The molecular weight excluding hydrogens is 366 g/mol. The maximum absolute atomic E-state index is 6.26. The molecule has 8 nitrogen and oxygen atoms in total. The summed E-state index contributed by atoms with van der Waals surface area (Å²) in [4.78, 5) is 11.4. The number of anilines is 3. The van der Waals surface area contributed by atoms with E-state index in [2.05, 4.69) is 15.2 Å². The Balaban J connectivity index is 1.82. The van der Waals surface area contributed by atoms with Gasteiger partial charge >= 0.3 is 0 Å². The molecule has 0 spiro atoms. The number of hydrogen-bond acceptors (Lipinski definition) is 9. The Morgan fingerprint density at radius 3 is 2.41 bits per heavy atom. The average Bonchev–Trinajstić information content (AvgIpc) is 2.73. The van der Waals surface area contributed by atoms with Gasteiger partial charge in [-0.05, 0) is 17.7 Å². The second kappa shape index (κ2) is 9.01. The average molecular weight is 391 g/mol. The first kappa shape index (κ1) is 19.4. The van der Waals surface area contributed by atoms with E-state index in [1.807, 2.05) is 25.2 Å². The Bertz CT molecular complexity index is 762. The normalized spacial score (nSPS) is 14.1. The molecule has 1 aliphatic heterocycles. The fraction of sp³-hybridized carbons (Fsp3) is 0.444. The van der Waals surface area contributed by atoms with Crippen LogP contribution in [-0.4, -0.2) is 57.5 Å². The van der Waals surface area contributed by atoms with Crippen molar-refractivity contribution in [3.05, 3.63) is 23.8 Å². The quantitative estimate of drug-likeness (QED) is 0.544. The van der Waals surface area contributed by atoms with Crippen molar-refractivity contribution in [3.63, 3.8) is 0 Å². The highest BCUT2D eigenvalue weighted by Gasteiger charge is 2.19. The van der Waals surface area contributed by atoms with Gasteiger partial charge in [-0.2, -0.15) is 0 Å². The number of ether oxygens (including phenoxy) is 3. The van der Waals surface area contributed by atoms with Crippen LogP contribution in [0.3, 0.4) is 0 Å². The number of morpholine rings is 1. The lowest BCUT2D eigenvalue weighted by Gasteiger charge is -2.29. The van der Waals surface area contributed by atoms with Crippen LogP contribution >= 0.6 is 11.8 Å².